The molecule has 2 heterocycles. The average molecular weight is 295 g/mol. The lowest BCUT2D eigenvalue weighted by Gasteiger charge is -2.18. The maximum Gasteiger partial charge on any atom is 0.450 e. The molecule has 3 nitrogen and oxygen atoms in total. The highest BCUT2D eigenvalue weighted by Gasteiger charge is 2.39. The molecule has 0 amide bonds. The summed E-state index contributed by atoms with van der Waals surface area (Å²) in [4.78, 5) is 3.84. The summed E-state index contributed by atoms with van der Waals surface area (Å²) in [6.07, 6.45) is -3.92. The van der Waals surface area contributed by atoms with Crippen molar-refractivity contribution in [1.29, 1.82) is 0 Å². The second-order valence-corrected chi connectivity index (χ2v) is 5.38. The van der Waals surface area contributed by atoms with Crippen molar-refractivity contribution in [3.63, 3.8) is 0 Å². The molecule has 1 aliphatic rings. The number of aryl methyl sites for hydroxylation is 2. The van der Waals surface area contributed by atoms with Crippen molar-refractivity contribution < 1.29 is 13.2 Å². The fraction of sp³-hybridized carbons (Fsp3) is 0.400. The van der Waals surface area contributed by atoms with E-state index in [1.807, 2.05) is 26.0 Å². The molecule has 0 radical (unpaired) electrons. The van der Waals surface area contributed by atoms with E-state index in [4.69, 9.17) is 0 Å². The predicted molar refractivity (Wildman–Crippen MR) is 73.5 cm³/mol. The van der Waals surface area contributed by atoms with E-state index in [1.165, 1.54) is 4.57 Å². The first-order valence-electron chi connectivity index (χ1n) is 6.84. The van der Waals surface area contributed by atoms with Gasteiger partial charge in [0.05, 0.1) is 11.4 Å². The number of imidazole rings is 1. The number of nitrogens with one attached hydrogen (secondary N) is 1. The highest BCUT2D eigenvalue weighted by Crippen LogP contribution is 2.34. The molecule has 0 atom stereocenters. The Morgan fingerprint density at radius 1 is 1.24 bits per heavy atom. The van der Waals surface area contributed by atoms with Gasteiger partial charge in [0, 0.05) is 25.2 Å². The molecule has 1 aliphatic heterocycles. The Hall–Kier alpha value is -1.82. The minimum absolute atomic E-state index is 0.385. The zero-order valence-corrected chi connectivity index (χ0v) is 11.9. The molecule has 0 fully saturated rings. The molecule has 0 aliphatic carbocycles. The summed E-state index contributed by atoms with van der Waals surface area (Å²) in [5.41, 5.74) is 3.56. The largest absolute Gasteiger partial charge is 0.450 e. The molecule has 3 rings (SSSR count). The van der Waals surface area contributed by atoms with Gasteiger partial charge in [0.1, 0.15) is 0 Å². The molecule has 0 unspecified atom stereocenters. The van der Waals surface area contributed by atoms with Crippen LogP contribution in [-0.4, -0.2) is 16.1 Å². The van der Waals surface area contributed by atoms with Crippen LogP contribution in [0, 0.1) is 13.8 Å². The summed E-state index contributed by atoms with van der Waals surface area (Å²) in [6.45, 7) is 4.81. The fourth-order valence-corrected chi connectivity index (χ4v) is 2.82. The third-order valence-electron chi connectivity index (χ3n) is 3.73. The number of hydrogen-bond acceptors (Lipinski definition) is 2. The lowest BCUT2D eigenvalue weighted by molar-refractivity contribution is -0.146. The molecule has 2 aromatic rings. The van der Waals surface area contributed by atoms with Crippen LogP contribution in [0.25, 0.3) is 5.69 Å². The van der Waals surface area contributed by atoms with E-state index >= 15 is 0 Å². The quantitative estimate of drug-likeness (QED) is 0.876. The van der Waals surface area contributed by atoms with Crippen molar-refractivity contribution >= 4 is 0 Å². The van der Waals surface area contributed by atoms with Crippen molar-refractivity contribution in [2.24, 2.45) is 0 Å². The molecule has 6 heteroatoms. The standard InChI is InChI=1S/C15H16F3N3/c1-9-3-4-12(10(2)7-9)21-13-5-6-19-8-11(13)20-14(21)15(16,17)18/h3-4,7,19H,5-6,8H2,1-2H3. The van der Waals surface area contributed by atoms with Crippen molar-refractivity contribution in [2.75, 3.05) is 6.54 Å². The van der Waals surface area contributed by atoms with Gasteiger partial charge in [0.15, 0.2) is 0 Å². The molecule has 112 valence electrons. The highest BCUT2D eigenvalue weighted by molar-refractivity contribution is 5.46. The van der Waals surface area contributed by atoms with Crippen LogP contribution in [0.5, 0.6) is 0 Å². The first-order valence-corrected chi connectivity index (χ1v) is 6.84. The topological polar surface area (TPSA) is 29.9 Å². The maximum atomic E-state index is 13.3. The first-order chi connectivity index (χ1) is 9.88. The van der Waals surface area contributed by atoms with Gasteiger partial charge >= 0.3 is 6.18 Å². The predicted octanol–water partition coefficient (Wildman–Crippen LogP) is 3.15. The van der Waals surface area contributed by atoms with E-state index in [1.54, 1.807) is 6.07 Å². The maximum absolute atomic E-state index is 13.3. The zero-order chi connectivity index (χ0) is 15.2. The zero-order valence-electron chi connectivity index (χ0n) is 11.9. The van der Waals surface area contributed by atoms with Crippen LogP contribution >= 0.6 is 0 Å². The van der Waals surface area contributed by atoms with Crippen molar-refractivity contribution in [3.05, 3.63) is 46.5 Å². The third-order valence-corrected chi connectivity index (χ3v) is 3.73. The summed E-state index contributed by atoms with van der Waals surface area (Å²) in [5.74, 6) is -0.830. The van der Waals surface area contributed by atoms with Crippen LogP contribution in [0.4, 0.5) is 13.2 Å². The Morgan fingerprint density at radius 3 is 2.67 bits per heavy atom. The highest BCUT2D eigenvalue weighted by atomic mass is 19.4. The SMILES string of the molecule is Cc1ccc(-n2c(C(F)(F)F)nc3c2CCNC3)c(C)c1. The summed E-state index contributed by atoms with van der Waals surface area (Å²) < 4.78 is 41.3. The molecule has 1 aromatic heterocycles. The molecular formula is C15H16F3N3. The molecule has 1 N–H and O–H groups in total. The van der Waals surface area contributed by atoms with Gasteiger partial charge in [-0.15, -0.1) is 0 Å². The summed E-state index contributed by atoms with van der Waals surface area (Å²) in [5, 5.41) is 3.06. The van der Waals surface area contributed by atoms with Gasteiger partial charge in [-0.2, -0.15) is 13.2 Å². The van der Waals surface area contributed by atoms with Gasteiger partial charge < -0.3 is 5.32 Å². The van der Waals surface area contributed by atoms with Crippen LogP contribution in [0.1, 0.15) is 28.3 Å². The lowest BCUT2D eigenvalue weighted by atomic mass is 10.1. The van der Waals surface area contributed by atoms with Gasteiger partial charge in [-0.1, -0.05) is 17.7 Å². The first kappa shape index (κ1) is 14.1. The number of hydrogen-bond donors (Lipinski definition) is 1. The summed E-state index contributed by atoms with van der Waals surface area (Å²) in [7, 11) is 0. The van der Waals surface area contributed by atoms with Gasteiger partial charge in [0.25, 0.3) is 0 Å². The van der Waals surface area contributed by atoms with E-state index in [2.05, 4.69) is 10.3 Å². The molecule has 21 heavy (non-hydrogen) atoms. The number of fused-ring (bicyclic) bond motifs is 1. The molecular weight excluding hydrogens is 279 g/mol. The summed E-state index contributed by atoms with van der Waals surface area (Å²) >= 11 is 0. The van der Waals surface area contributed by atoms with Crippen LogP contribution in [0.3, 0.4) is 0 Å². The van der Waals surface area contributed by atoms with Crippen molar-refractivity contribution in [2.45, 2.75) is 33.0 Å². The molecule has 0 bridgehead atoms. The van der Waals surface area contributed by atoms with Gasteiger partial charge in [-0.25, -0.2) is 4.98 Å². The molecule has 0 saturated heterocycles. The van der Waals surface area contributed by atoms with Crippen LogP contribution < -0.4 is 5.32 Å². The number of rotatable bonds is 1. The van der Waals surface area contributed by atoms with E-state index < -0.39 is 12.0 Å². The molecule has 0 saturated carbocycles. The van der Waals surface area contributed by atoms with Crippen molar-refractivity contribution in [3.8, 4) is 5.69 Å². The Morgan fingerprint density at radius 2 is 2.00 bits per heavy atom. The molecule has 0 spiro atoms. The number of alkyl halides is 3. The second-order valence-electron chi connectivity index (χ2n) is 5.38. The van der Waals surface area contributed by atoms with E-state index in [0.717, 1.165) is 11.1 Å². The monoisotopic (exact) mass is 295 g/mol. The van der Waals surface area contributed by atoms with Crippen molar-refractivity contribution in [1.82, 2.24) is 14.9 Å². The van der Waals surface area contributed by atoms with Crippen LogP contribution in [0.2, 0.25) is 0 Å². The average Bonchev–Trinajstić information content (AvgIpc) is 2.78. The smallest absolute Gasteiger partial charge is 0.311 e. The number of halogens is 3. The lowest BCUT2D eigenvalue weighted by Crippen LogP contribution is -2.25. The minimum atomic E-state index is -4.46. The minimum Gasteiger partial charge on any atom is -0.311 e. The number of aromatic nitrogens is 2. The normalized spacial score (nSPS) is 15.1. The Labute approximate surface area is 120 Å². The molecule has 1 aromatic carbocycles. The van der Waals surface area contributed by atoms with Gasteiger partial charge in [0.2, 0.25) is 5.82 Å². The summed E-state index contributed by atoms with van der Waals surface area (Å²) in [6, 6.07) is 5.46. The Balaban J connectivity index is 2.27. The van der Waals surface area contributed by atoms with Gasteiger partial charge in [-0.3, -0.25) is 4.57 Å². The van der Waals surface area contributed by atoms with E-state index in [0.29, 0.717) is 36.6 Å². The third kappa shape index (κ3) is 2.44. The Kier molecular flexibility index (Phi) is 3.28. The fourth-order valence-electron chi connectivity index (χ4n) is 2.82. The van der Waals surface area contributed by atoms with E-state index in [9.17, 15) is 13.2 Å². The number of benzene rings is 1. The van der Waals surface area contributed by atoms with Gasteiger partial charge in [-0.05, 0) is 25.5 Å². The second kappa shape index (κ2) is 4.87. The van der Waals surface area contributed by atoms with E-state index in [-0.39, 0.29) is 0 Å². The van der Waals surface area contributed by atoms with Crippen LogP contribution in [-0.2, 0) is 19.1 Å². The van der Waals surface area contributed by atoms with Crippen LogP contribution in [0.15, 0.2) is 18.2 Å². The number of nitrogens with zero attached hydrogens (tertiary/aromatic N) is 2. The Bertz CT molecular complexity index is 686.